The van der Waals surface area contributed by atoms with Crippen LogP contribution < -0.4 is 0 Å². The first-order chi connectivity index (χ1) is 16.6. The average molecular weight is 515 g/mol. The summed E-state index contributed by atoms with van der Waals surface area (Å²) in [6.45, 7) is -0.434. The minimum Gasteiger partial charge on any atom is -0.457 e. The van der Waals surface area contributed by atoms with Gasteiger partial charge in [0.15, 0.2) is 0 Å². The quantitative estimate of drug-likeness (QED) is 0.111. The van der Waals surface area contributed by atoms with Crippen LogP contribution in [0.25, 0.3) is 10.4 Å². The number of carbonyl (C=O) groups is 1. The Hall–Kier alpha value is -3.16. The number of cyclic esters (lactones) is 1. The Balaban J connectivity index is 1.82. The van der Waals surface area contributed by atoms with E-state index in [1.54, 1.807) is 60.7 Å². The van der Waals surface area contributed by atoms with Crippen LogP contribution in [0.5, 0.6) is 0 Å². The zero-order valence-corrected chi connectivity index (χ0v) is 18.8. The van der Waals surface area contributed by atoms with Crippen molar-refractivity contribution in [1.29, 1.82) is 0 Å². The van der Waals surface area contributed by atoms with E-state index in [-0.39, 0.29) is 19.8 Å². The van der Waals surface area contributed by atoms with Crippen molar-refractivity contribution in [2.75, 3.05) is 6.61 Å². The van der Waals surface area contributed by atoms with Crippen molar-refractivity contribution in [2.24, 2.45) is 5.11 Å². The lowest BCUT2D eigenvalue weighted by atomic mass is 10.0. The summed E-state index contributed by atoms with van der Waals surface area (Å²) in [6.07, 6.45) is -5.41. The molecule has 10 nitrogen and oxygen atoms in total. The molecule has 0 aromatic heterocycles. The molecule has 14 heteroatoms. The van der Waals surface area contributed by atoms with Crippen LogP contribution in [-0.2, 0) is 46.5 Å². The minimum atomic E-state index is -6.16. The largest absolute Gasteiger partial charge is 0.523 e. The van der Waals surface area contributed by atoms with Crippen molar-refractivity contribution >= 4 is 16.1 Å². The van der Waals surface area contributed by atoms with E-state index in [9.17, 15) is 26.4 Å². The molecule has 0 saturated carbocycles. The Morgan fingerprint density at radius 1 is 1.03 bits per heavy atom. The summed E-state index contributed by atoms with van der Waals surface area (Å²) in [4.78, 5) is 15.1. The van der Waals surface area contributed by atoms with Crippen molar-refractivity contribution < 1.29 is 44.8 Å². The van der Waals surface area contributed by atoms with Crippen molar-refractivity contribution in [3.8, 4) is 0 Å². The monoisotopic (exact) mass is 515 g/mol. The zero-order chi connectivity index (χ0) is 25.5. The SMILES string of the molecule is [N-]=[N+]=N[C@H](COCc1ccccc1)[C@@H]1OC(=O)[C@@H](OS(=O)(=O)C(F)(F)F)[C@@H]1OCc1ccccc1. The van der Waals surface area contributed by atoms with Gasteiger partial charge in [-0.1, -0.05) is 65.8 Å². The van der Waals surface area contributed by atoms with E-state index in [2.05, 4.69) is 14.2 Å². The second-order valence-electron chi connectivity index (χ2n) is 7.35. The summed E-state index contributed by atoms with van der Waals surface area (Å²) in [5, 5.41) is 3.53. The fraction of sp³-hybridized carbons (Fsp3) is 0.381. The van der Waals surface area contributed by atoms with Gasteiger partial charge in [0.2, 0.25) is 6.10 Å². The van der Waals surface area contributed by atoms with E-state index in [1.807, 2.05) is 0 Å². The highest BCUT2D eigenvalue weighted by atomic mass is 32.2. The van der Waals surface area contributed by atoms with Crippen LogP contribution >= 0.6 is 0 Å². The van der Waals surface area contributed by atoms with Gasteiger partial charge in [0.25, 0.3) is 0 Å². The maximum absolute atomic E-state index is 12.9. The van der Waals surface area contributed by atoms with Crippen LogP contribution in [0, 0.1) is 0 Å². The number of ether oxygens (including phenoxy) is 3. The number of hydrogen-bond acceptors (Lipinski definition) is 8. The van der Waals surface area contributed by atoms with Gasteiger partial charge >= 0.3 is 21.6 Å². The fourth-order valence-electron chi connectivity index (χ4n) is 3.24. The van der Waals surface area contributed by atoms with Crippen LogP contribution in [-0.4, -0.2) is 50.9 Å². The molecule has 1 aliphatic rings. The van der Waals surface area contributed by atoms with Gasteiger partial charge in [-0.25, -0.2) is 8.98 Å². The van der Waals surface area contributed by atoms with E-state index < -0.39 is 45.9 Å². The number of benzene rings is 2. The number of alkyl halides is 3. The van der Waals surface area contributed by atoms with Gasteiger partial charge in [0.1, 0.15) is 18.2 Å². The first-order valence-corrected chi connectivity index (χ1v) is 11.5. The molecule has 0 spiro atoms. The summed E-state index contributed by atoms with van der Waals surface area (Å²) < 4.78 is 82.3. The average Bonchev–Trinajstić information content (AvgIpc) is 3.12. The summed E-state index contributed by atoms with van der Waals surface area (Å²) in [6, 6.07) is 16.0. The van der Waals surface area contributed by atoms with Crippen LogP contribution in [0.1, 0.15) is 11.1 Å². The second kappa shape index (κ2) is 11.5. The molecule has 4 atom stereocenters. The van der Waals surface area contributed by atoms with Gasteiger partial charge in [0.05, 0.1) is 19.8 Å². The lowest BCUT2D eigenvalue weighted by Gasteiger charge is -2.25. The first-order valence-electron chi connectivity index (χ1n) is 10.1. The third kappa shape index (κ3) is 6.93. The molecule has 0 radical (unpaired) electrons. The number of rotatable bonds is 11. The number of azide groups is 1. The smallest absolute Gasteiger partial charge is 0.457 e. The van der Waals surface area contributed by atoms with Crippen molar-refractivity contribution in [2.45, 2.75) is 43.1 Å². The van der Waals surface area contributed by atoms with Gasteiger partial charge < -0.3 is 14.2 Å². The zero-order valence-electron chi connectivity index (χ0n) is 17.9. The van der Waals surface area contributed by atoms with Crippen LogP contribution in [0.2, 0.25) is 0 Å². The third-order valence-corrected chi connectivity index (χ3v) is 5.91. The Kier molecular flexibility index (Phi) is 8.70. The molecule has 2 aromatic rings. The Morgan fingerprint density at radius 3 is 2.14 bits per heavy atom. The van der Waals surface area contributed by atoms with E-state index in [4.69, 9.17) is 19.7 Å². The molecule has 0 aliphatic carbocycles. The standard InChI is InChI=1S/C21H20F3N3O7S/c22-21(23,24)35(29,30)34-19-18(32-12-15-9-5-2-6-10-15)17(33-20(19)28)16(26-27-25)13-31-11-14-7-3-1-4-8-14/h1-10,16-19H,11-13H2/t16-,17+,18-,19+/m1/s1. The molecule has 1 fully saturated rings. The van der Waals surface area contributed by atoms with Crippen LogP contribution in [0.3, 0.4) is 0 Å². The van der Waals surface area contributed by atoms with Gasteiger partial charge in [-0.05, 0) is 16.7 Å². The summed E-state index contributed by atoms with van der Waals surface area (Å²) in [5.74, 6) is -1.41. The summed E-state index contributed by atoms with van der Waals surface area (Å²) in [7, 11) is -6.16. The van der Waals surface area contributed by atoms with Gasteiger partial charge in [-0.2, -0.15) is 21.6 Å². The molecule has 35 heavy (non-hydrogen) atoms. The predicted molar refractivity (Wildman–Crippen MR) is 114 cm³/mol. The number of esters is 1. The van der Waals surface area contributed by atoms with Crippen molar-refractivity contribution in [3.05, 3.63) is 82.2 Å². The van der Waals surface area contributed by atoms with E-state index in [0.717, 1.165) is 5.56 Å². The molecular weight excluding hydrogens is 495 g/mol. The Morgan fingerprint density at radius 2 is 1.60 bits per heavy atom. The van der Waals surface area contributed by atoms with E-state index in [0.29, 0.717) is 5.56 Å². The Bertz CT molecular complexity index is 1140. The molecule has 1 heterocycles. The van der Waals surface area contributed by atoms with Crippen molar-refractivity contribution in [1.82, 2.24) is 0 Å². The van der Waals surface area contributed by atoms with Gasteiger partial charge in [0, 0.05) is 4.91 Å². The molecule has 1 aliphatic heterocycles. The molecule has 0 N–H and O–H groups in total. The maximum atomic E-state index is 12.9. The highest BCUT2D eigenvalue weighted by molar-refractivity contribution is 7.87. The highest BCUT2D eigenvalue weighted by Crippen LogP contribution is 2.33. The van der Waals surface area contributed by atoms with Gasteiger partial charge in [-0.3, -0.25) is 0 Å². The van der Waals surface area contributed by atoms with E-state index in [1.165, 1.54) is 0 Å². The van der Waals surface area contributed by atoms with Gasteiger partial charge in [-0.15, -0.1) is 0 Å². The maximum Gasteiger partial charge on any atom is 0.523 e. The molecule has 1 saturated heterocycles. The first kappa shape index (κ1) is 26.4. The predicted octanol–water partition coefficient (Wildman–Crippen LogP) is 3.63. The van der Waals surface area contributed by atoms with Crippen LogP contribution in [0.15, 0.2) is 65.8 Å². The number of halogens is 3. The molecular formula is C21H20F3N3O7S. The van der Waals surface area contributed by atoms with Crippen LogP contribution in [0.4, 0.5) is 13.2 Å². The molecule has 0 bridgehead atoms. The molecule has 0 amide bonds. The number of nitrogens with zero attached hydrogens (tertiary/aromatic N) is 3. The minimum absolute atomic E-state index is 0.0941. The topological polar surface area (TPSA) is 137 Å². The second-order valence-corrected chi connectivity index (χ2v) is 8.92. The molecule has 0 unspecified atom stereocenters. The molecule has 188 valence electrons. The Labute approximate surface area is 198 Å². The van der Waals surface area contributed by atoms with E-state index >= 15 is 0 Å². The fourth-order valence-corrected chi connectivity index (χ4v) is 3.81. The third-order valence-electron chi connectivity index (χ3n) is 4.89. The number of carbonyl (C=O) groups excluding carboxylic acids is 1. The summed E-state index contributed by atoms with van der Waals surface area (Å²) in [5.41, 5.74) is 4.55. The molecule has 2 aromatic carbocycles. The lowest BCUT2D eigenvalue weighted by molar-refractivity contribution is -0.147. The van der Waals surface area contributed by atoms with Crippen molar-refractivity contribution in [3.63, 3.8) is 0 Å². The highest BCUT2D eigenvalue weighted by Gasteiger charge is 2.56. The normalized spacial score (nSPS) is 21.2. The summed E-state index contributed by atoms with van der Waals surface area (Å²) >= 11 is 0. The lowest BCUT2D eigenvalue weighted by Crippen LogP contribution is -2.44. The number of hydrogen-bond donors (Lipinski definition) is 0. The molecule has 3 rings (SSSR count).